The standard InChI is InChI=1S/C14H20BrNO2/c1-11-4-5-13(15)10-12(11)6-8-16(2)9-7-14(17)18-3/h4-5,10H,6-9H2,1-3H3. The Bertz CT molecular complexity index is 407. The zero-order valence-corrected chi connectivity index (χ0v) is 12.8. The molecule has 0 aromatic heterocycles. The van der Waals surface area contributed by atoms with Crippen molar-refractivity contribution < 1.29 is 9.53 Å². The fraction of sp³-hybridized carbons (Fsp3) is 0.500. The third kappa shape index (κ3) is 5.19. The zero-order valence-electron chi connectivity index (χ0n) is 11.2. The van der Waals surface area contributed by atoms with Gasteiger partial charge in [0, 0.05) is 17.6 Å². The summed E-state index contributed by atoms with van der Waals surface area (Å²) in [6, 6.07) is 6.33. The summed E-state index contributed by atoms with van der Waals surface area (Å²) in [5.74, 6) is -0.152. The maximum atomic E-state index is 11.0. The summed E-state index contributed by atoms with van der Waals surface area (Å²) in [5.41, 5.74) is 2.65. The highest BCUT2D eigenvalue weighted by Gasteiger charge is 2.05. The minimum Gasteiger partial charge on any atom is -0.469 e. The average molecular weight is 314 g/mol. The van der Waals surface area contributed by atoms with Gasteiger partial charge < -0.3 is 9.64 Å². The van der Waals surface area contributed by atoms with Crippen molar-refractivity contribution in [2.45, 2.75) is 19.8 Å². The smallest absolute Gasteiger partial charge is 0.306 e. The number of hydrogen-bond donors (Lipinski definition) is 0. The van der Waals surface area contributed by atoms with Crippen molar-refractivity contribution in [3.05, 3.63) is 33.8 Å². The third-order valence-electron chi connectivity index (χ3n) is 3.00. The summed E-state index contributed by atoms with van der Waals surface area (Å²) >= 11 is 3.49. The van der Waals surface area contributed by atoms with Crippen LogP contribution >= 0.6 is 15.9 Å². The number of carbonyl (C=O) groups is 1. The largest absolute Gasteiger partial charge is 0.469 e. The van der Waals surface area contributed by atoms with Crippen LogP contribution in [0, 0.1) is 6.92 Å². The van der Waals surface area contributed by atoms with E-state index in [-0.39, 0.29) is 5.97 Å². The number of rotatable bonds is 6. The van der Waals surface area contributed by atoms with Crippen molar-refractivity contribution in [1.82, 2.24) is 4.90 Å². The zero-order chi connectivity index (χ0) is 13.5. The van der Waals surface area contributed by atoms with Gasteiger partial charge in [-0.3, -0.25) is 4.79 Å². The second-order valence-corrected chi connectivity index (χ2v) is 5.37. The lowest BCUT2D eigenvalue weighted by Gasteiger charge is -2.16. The van der Waals surface area contributed by atoms with Gasteiger partial charge in [-0.05, 0) is 43.7 Å². The van der Waals surface area contributed by atoms with Gasteiger partial charge >= 0.3 is 5.97 Å². The van der Waals surface area contributed by atoms with Crippen molar-refractivity contribution in [3.8, 4) is 0 Å². The average Bonchev–Trinajstić information content (AvgIpc) is 2.36. The van der Waals surface area contributed by atoms with E-state index < -0.39 is 0 Å². The molecule has 100 valence electrons. The van der Waals surface area contributed by atoms with Crippen molar-refractivity contribution in [2.75, 3.05) is 27.2 Å². The highest BCUT2D eigenvalue weighted by atomic mass is 79.9. The minimum atomic E-state index is -0.152. The van der Waals surface area contributed by atoms with Gasteiger partial charge in [-0.1, -0.05) is 22.0 Å². The van der Waals surface area contributed by atoms with E-state index in [0.29, 0.717) is 6.42 Å². The topological polar surface area (TPSA) is 29.5 Å². The van der Waals surface area contributed by atoms with E-state index in [1.54, 1.807) is 0 Å². The number of halogens is 1. The maximum Gasteiger partial charge on any atom is 0.306 e. The number of ether oxygens (including phenoxy) is 1. The fourth-order valence-corrected chi connectivity index (χ4v) is 2.13. The summed E-state index contributed by atoms with van der Waals surface area (Å²) in [7, 11) is 3.45. The number of benzene rings is 1. The van der Waals surface area contributed by atoms with E-state index in [1.807, 2.05) is 7.05 Å². The van der Waals surface area contributed by atoms with Gasteiger partial charge in [0.15, 0.2) is 0 Å². The maximum absolute atomic E-state index is 11.0. The van der Waals surface area contributed by atoms with Gasteiger partial charge in [-0.15, -0.1) is 0 Å². The summed E-state index contributed by atoms with van der Waals surface area (Å²) in [5, 5.41) is 0. The first-order chi connectivity index (χ1) is 8.52. The van der Waals surface area contributed by atoms with Crippen LogP contribution in [0.3, 0.4) is 0 Å². The molecule has 0 bridgehead atoms. The molecule has 0 fully saturated rings. The highest BCUT2D eigenvalue weighted by molar-refractivity contribution is 9.10. The molecule has 0 heterocycles. The minimum absolute atomic E-state index is 0.152. The first-order valence-corrected chi connectivity index (χ1v) is 6.82. The molecule has 0 unspecified atom stereocenters. The Hall–Kier alpha value is -0.870. The Labute approximate surface area is 117 Å². The normalized spacial score (nSPS) is 10.7. The lowest BCUT2D eigenvalue weighted by molar-refractivity contribution is -0.140. The molecule has 0 saturated heterocycles. The van der Waals surface area contributed by atoms with Gasteiger partial charge in [0.05, 0.1) is 13.5 Å². The molecule has 0 radical (unpaired) electrons. The van der Waals surface area contributed by atoms with E-state index in [2.05, 4.69) is 50.7 Å². The van der Waals surface area contributed by atoms with Crippen LogP contribution < -0.4 is 0 Å². The van der Waals surface area contributed by atoms with Crippen molar-refractivity contribution >= 4 is 21.9 Å². The number of nitrogens with zero attached hydrogens (tertiary/aromatic N) is 1. The Morgan fingerprint density at radius 3 is 2.78 bits per heavy atom. The van der Waals surface area contributed by atoms with Crippen molar-refractivity contribution in [1.29, 1.82) is 0 Å². The molecule has 3 nitrogen and oxygen atoms in total. The molecule has 0 amide bonds. The van der Waals surface area contributed by atoms with Gasteiger partial charge in [-0.25, -0.2) is 0 Å². The number of esters is 1. The Balaban J connectivity index is 2.40. The van der Waals surface area contributed by atoms with E-state index in [0.717, 1.165) is 24.0 Å². The molecular weight excluding hydrogens is 294 g/mol. The van der Waals surface area contributed by atoms with Crippen LogP contribution in [-0.2, 0) is 16.0 Å². The van der Waals surface area contributed by atoms with Crippen LogP contribution in [0.2, 0.25) is 0 Å². The van der Waals surface area contributed by atoms with Crippen LogP contribution in [0.4, 0.5) is 0 Å². The van der Waals surface area contributed by atoms with Gasteiger partial charge in [0.1, 0.15) is 0 Å². The van der Waals surface area contributed by atoms with Crippen molar-refractivity contribution in [3.63, 3.8) is 0 Å². The summed E-state index contributed by atoms with van der Waals surface area (Å²) in [6.45, 7) is 3.80. The monoisotopic (exact) mass is 313 g/mol. The second kappa shape index (κ2) is 7.54. The number of likely N-dealkylation sites (N-methyl/N-ethyl adjacent to an activating group) is 1. The molecule has 0 atom stereocenters. The predicted octanol–water partition coefficient (Wildman–Crippen LogP) is 2.79. The number of hydrogen-bond acceptors (Lipinski definition) is 3. The van der Waals surface area contributed by atoms with Crippen LogP contribution in [0.5, 0.6) is 0 Å². The van der Waals surface area contributed by atoms with E-state index in [4.69, 9.17) is 0 Å². The molecule has 0 spiro atoms. The van der Waals surface area contributed by atoms with Crippen LogP contribution in [0.1, 0.15) is 17.5 Å². The number of aryl methyl sites for hydroxylation is 1. The molecule has 0 aliphatic rings. The Kier molecular flexibility index (Phi) is 6.36. The third-order valence-corrected chi connectivity index (χ3v) is 3.49. The van der Waals surface area contributed by atoms with Crippen LogP contribution in [0.15, 0.2) is 22.7 Å². The number of carbonyl (C=O) groups excluding carboxylic acids is 1. The fourth-order valence-electron chi connectivity index (χ4n) is 1.72. The summed E-state index contributed by atoms with van der Waals surface area (Å²) < 4.78 is 5.74. The molecule has 0 N–H and O–H groups in total. The van der Waals surface area contributed by atoms with Crippen LogP contribution in [0.25, 0.3) is 0 Å². The lowest BCUT2D eigenvalue weighted by atomic mass is 10.1. The van der Waals surface area contributed by atoms with E-state index in [9.17, 15) is 4.79 Å². The van der Waals surface area contributed by atoms with Gasteiger partial charge in [0.25, 0.3) is 0 Å². The molecule has 1 aromatic rings. The molecule has 1 rings (SSSR count). The Morgan fingerprint density at radius 2 is 2.11 bits per heavy atom. The van der Waals surface area contributed by atoms with Crippen molar-refractivity contribution in [2.24, 2.45) is 0 Å². The summed E-state index contributed by atoms with van der Waals surface area (Å²) in [6.07, 6.45) is 1.44. The highest BCUT2D eigenvalue weighted by Crippen LogP contribution is 2.16. The molecule has 18 heavy (non-hydrogen) atoms. The molecule has 0 aliphatic carbocycles. The van der Waals surface area contributed by atoms with E-state index >= 15 is 0 Å². The first-order valence-electron chi connectivity index (χ1n) is 6.03. The van der Waals surface area contributed by atoms with E-state index in [1.165, 1.54) is 18.2 Å². The Morgan fingerprint density at radius 1 is 1.39 bits per heavy atom. The second-order valence-electron chi connectivity index (χ2n) is 4.45. The van der Waals surface area contributed by atoms with Gasteiger partial charge in [0.2, 0.25) is 0 Å². The first kappa shape index (κ1) is 15.2. The molecular formula is C14H20BrNO2. The lowest BCUT2D eigenvalue weighted by Crippen LogP contribution is -2.24. The molecule has 0 aliphatic heterocycles. The summed E-state index contributed by atoms with van der Waals surface area (Å²) in [4.78, 5) is 13.2. The number of methoxy groups -OCH3 is 1. The predicted molar refractivity (Wildman–Crippen MR) is 76.7 cm³/mol. The molecule has 1 aromatic carbocycles. The molecule has 4 heteroatoms. The molecule has 0 saturated carbocycles. The SMILES string of the molecule is COC(=O)CCN(C)CCc1cc(Br)ccc1C. The van der Waals surface area contributed by atoms with Crippen LogP contribution in [-0.4, -0.2) is 38.1 Å². The quantitative estimate of drug-likeness (QED) is 0.756. The van der Waals surface area contributed by atoms with Gasteiger partial charge in [-0.2, -0.15) is 0 Å².